The van der Waals surface area contributed by atoms with E-state index in [2.05, 4.69) is 5.32 Å². The minimum absolute atomic E-state index is 0. The first-order valence-corrected chi connectivity index (χ1v) is 10.3. The molecule has 0 aliphatic rings. The lowest BCUT2D eigenvalue weighted by Gasteiger charge is -2.15. The second-order valence-electron chi connectivity index (χ2n) is 6.34. The summed E-state index contributed by atoms with van der Waals surface area (Å²) in [6.07, 6.45) is 1.67. The predicted octanol–water partition coefficient (Wildman–Crippen LogP) is 3.86. The Morgan fingerprint density at radius 2 is 1.72 bits per heavy atom. The molecule has 29 heavy (non-hydrogen) atoms. The van der Waals surface area contributed by atoms with Gasteiger partial charge >= 0.3 is 0 Å². The monoisotopic (exact) mass is 436 g/mol. The van der Waals surface area contributed by atoms with Crippen LogP contribution < -0.4 is 14.8 Å². The van der Waals surface area contributed by atoms with Crippen LogP contribution >= 0.6 is 12.4 Å². The Bertz CT molecular complexity index is 1080. The number of hydrogen-bond donors (Lipinski definition) is 1. The highest BCUT2D eigenvalue weighted by atomic mass is 35.5. The van der Waals surface area contributed by atoms with Crippen LogP contribution in [-0.2, 0) is 16.6 Å². The van der Waals surface area contributed by atoms with Gasteiger partial charge < -0.3 is 14.8 Å². The molecular weight excluding hydrogens is 412 g/mol. The Labute approximate surface area is 177 Å². The first-order valence-electron chi connectivity index (χ1n) is 8.82. The number of nitrogens with zero attached hydrogens (tertiary/aromatic N) is 1. The lowest BCUT2D eigenvalue weighted by Crippen LogP contribution is -2.15. The van der Waals surface area contributed by atoms with E-state index in [0.29, 0.717) is 18.0 Å². The number of aromatic nitrogens is 1. The van der Waals surface area contributed by atoms with Crippen LogP contribution in [0.4, 0.5) is 0 Å². The Morgan fingerprint density at radius 3 is 2.31 bits per heavy atom. The largest absolute Gasteiger partial charge is 0.497 e. The molecule has 3 aromatic rings. The average Bonchev–Trinajstić information content (AvgIpc) is 3.05. The van der Waals surface area contributed by atoms with Crippen molar-refractivity contribution in [1.82, 2.24) is 9.29 Å². The molecule has 0 bridgehead atoms. The van der Waals surface area contributed by atoms with Gasteiger partial charge in [-0.25, -0.2) is 12.4 Å². The van der Waals surface area contributed by atoms with Crippen LogP contribution in [0.1, 0.15) is 11.1 Å². The zero-order valence-corrected chi connectivity index (χ0v) is 18.4. The number of hydrogen-bond acceptors (Lipinski definition) is 5. The van der Waals surface area contributed by atoms with Crippen molar-refractivity contribution in [3.05, 3.63) is 65.9 Å². The van der Waals surface area contributed by atoms with Crippen LogP contribution in [0.3, 0.4) is 0 Å². The summed E-state index contributed by atoms with van der Waals surface area (Å²) in [4.78, 5) is 0.0533. The second kappa shape index (κ2) is 9.35. The lowest BCUT2D eigenvalue weighted by atomic mass is 10.1. The molecule has 0 fully saturated rings. The molecule has 3 rings (SSSR count). The molecule has 0 spiro atoms. The van der Waals surface area contributed by atoms with Crippen molar-refractivity contribution in [3.63, 3.8) is 0 Å². The molecule has 0 amide bonds. The molecule has 0 radical (unpaired) electrons. The van der Waals surface area contributed by atoms with Gasteiger partial charge in [-0.1, -0.05) is 30.3 Å². The Kier molecular flexibility index (Phi) is 7.35. The first-order chi connectivity index (χ1) is 13.4. The average molecular weight is 437 g/mol. The molecule has 0 saturated heterocycles. The fourth-order valence-electron chi connectivity index (χ4n) is 3.21. The number of nitrogens with one attached hydrogen (secondary N) is 1. The summed E-state index contributed by atoms with van der Waals surface area (Å²) in [6, 6.07) is 14.2. The summed E-state index contributed by atoms with van der Waals surface area (Å²) in [6.45, 7) is 2.49. The highest BCUT2D eigenvalue weighted by molar-refractivity contribution is 7.90. The van der Waals surface area contributed by atoms with E-state index in [1.54, 1.807) is 18.3 Å². The number of halogens is 1. The Morgan fingerprint density at radius 1 is 1.03 bits per heavy atom. The summed E-state index contributed by atoms with van der Waals surface area (Å²) >= 11 is 0. The SMILES string of the molecule is CNCc1cn(S(=O)(=O)c2cc(OC)ccc2OC)c(-c2ccccc2)c1C.Cl. The number of benzene rings is 2. The number of ether oxygens (including phenoxy) is 2. The molecular formula is C21H25ClN2O4S. The number of rotatable bonds is 7. The van der Waals surface area contributed by atoms with E-state index >= 15 is 0 Å². The van der Waals surface area contributed by atoms with Crippen molar-refractivity contribution in [2.24, 2.45) is 0 Å². The van der Waals surface area contributed by atoms with E-state index in [1.165, 1.54) is 24.3 Å². The lowest BCUT2D eigenvalue weighted by molar-refractivity contribution is 0.392. The summed E-state index contributed by atoms with van der Waals surface area (Å²) in [5.74, 6) is 0.710. The molecule has 0 atom stereocenters. The highest BCUT2D eigenvalue weighted by Crippen LogP contribution is 2.35. The zero-order valence-electron chi connectivity index (χ0n) is 16.8. The molecule has 8 heteroatoms. The minimum Gasteiger partial charge on any atom is -0.497 e. The van der Waals surface area contributed by atoms with E-state index in [4.69, 9.17) is 9.47 Å². The van der Waals surface area contributed by atoms with Gasteiger partial charge in [0.25, 0.3) is 10.0 Å². The third kappa shape index (κ3) is 4.27. The van der Waals surface area contributed by atoms with Crippen molar-refractivity contribution in [2.45, 2.75) is 18.4 Å². The maximum Gasteiger partial charge on any atom is 0.272 e. The Hall–Kier alpha value is -2.48. The standard InChI is InChI=1S/C21H24N2O4S.ClH/c1-15-17(13-22-2)14-23(21(15)16-8-6-5-7-9-16)28(24,25)20-12-18(26-3)10-11-19(20)27-4;/h5-12,14,22H,13H2,1-4H3;1H. The number of methoxy groups -OCH3 is 2. The van der Waals surface area contributed by atoms with E-state index in [1.807, 2.05) is 44.3 Å². The van der Waals surface area contributed by atoms with Crippen LogP contribution in [0.25, 0.3) is 11.3 Å². The van der Waals surface area contributed by atoms with Gasteiger partial charge in [-0.3, -0.25) is 0 Å². The molecule has 1 aromatic heterocycles. The van der Waals surface area contributed by atoms with Gasteiger partial charge in [-0.15, -0.1) is 12.4 Å². The topological polar surface area (TPSA) is 69.6 Å². The van der Waals surface area contributed by atoms with Gasteiger partial charge in [0, 0.05) is 18.8 Å². The van der Waals surface area contributed by atoms with Crippen LogP contribution in [0.5, 0.6) is 11.5 Å². The third-order valence-electron chi connectivity index (χ3n) is 4.65. The molecule has 1 heterocycles. The van der Waals surface area contributed by atoms with Crippen molar-refractivity contribution in [3.8, 4) is 22.8 Å². The molecule has 2 aromatic carbocycles. The third-order valence-corrected chi connectivity index (χ3v) is 6.33. The second-order valence-corrected chi connectivity index (χ2v) is 8.13. The molecule has 1 N–H and O–H groups in total. The smallest absolute Gasteiger partial charge is 0.272 e. The summed E-state index contributed by atoms with van der Waals surface area (Å²) < 4.78 is 39.2. The van der Waals surface area contributed by atoms with Gasteiger partial charge in [0.15, 0.2) is 0 Å². The molecule has 0 aliphatic carbocycles. The van der Waals surface area contributed by atoms with Crippen LogP contribution in [0.2, 0.25) is 0 Å². The van der Waals surface area contributed by atoms with E-state index in [-0.39, 0.29) is 23.1 Å². The maximum atomic E-state index is 13.7. The van der Waals surface area contributed by atoms with Crippen molar-refractivity contribution in [2.75, 3.05) is 21.3 Å². The first kappa shape index (κ1) is 22.8. The summed E-state index contributed by atoms with van der Waals surface area (Å²) in [7, 11) is 0.852. The van der Waals surface area contributed by atoms with Gasteiger partial charge in [-0.2, -0.15) is 0 Å². The zero-order chi connectivity index (χ0) is 20.3. The maximum absolute atomic E-state index is 13.7. The molecule has 0 aliphatic heterocycles. The van der Waals surface area contributed by atoms with E-state index in [0.717, 1.165) is 16.7 Å². The van der Waals surface area contributed by atoms with Gasteiger partial charge in [0.05, 0.1) is 19.9 Å². The van der Waals surface area contributed by atoms with Crippen molar-refractivity contribution < 1.29 is 17.9 Å². The Balaban J connectivity index is 0.00000300. The fourth-order valence-corrected chi connectivity index (χ4v) is 4.84. The summed E-state index contributed by atoms with van der Waals surface area (Å²) in [5, 5.41) is 3.10. The quantitative estimate of drug-likeness (QED) is 0.609. The van der Waals surface area contributed by atoms with Crippen LogP contribution in [0.15, 0.2) is 59.6 Å². The van der Waals surface area contributed by atoms with Crippen LogP contribution in [0, 0.1) is 6.92 Å². The molecule has 0 unspecified atom stereocenters. The highest BCUT2D eigenvalue weighted by Gasteiger charge is 2.27. The van der Waals surface area contributed by atoms with Gasteiger partial charge in [0.2, 0.25) is 0 Å². The van der Waals surface area contributed by atoms with Crippen molar-refractivity contribution in [1.29, 1.82) is 0 Å². The van der Waals surface area contributed by atoms with Crippen LogP contribution in [-0.4, -0.2) is 33.7 Å². The predicted molar refractivity (Wildman–Crippen MR) is 117 cm³/mol. The molecule has 6 nitrogen and oxygen atoms in total. The fraction of sp³-hybridized carbons (Fsp3) is 0.238. The van der Waals surface area contributed by atoms with E-state index < -0.39 is 10.0 Å². The minimum atomic E-state index is -3.93. The molecule has 156 valence electrons. The van der Waals surface area contributed by atoms with Crippen molar-refractivity contribution >= 4 is 22.4 Å². The summed E-state index contributed by atoms with van der Waals surface area (Å²) in [5.41, 5.74) is 3.28. The normalized spacial score (nSPS) is 11.0. The van der Waals surface area contributed by atoms with Gasteiger partial charge in [0.1, 0.15) is 16.4 Å². The van der Waals surface area contributed by atoms with E-state index in [9.17, 15) is 8.42 Å². The molecule has 0 saturated carbocycles. The van der Waals surface area contributed by atoms with Gasteiger partial charge in [-0.05, 0) is 42.8 Å².